The van der Waals surface area contributed by atoms with E-state index in [1.807, 2.05) is 35.0 Å². The predicted molar refractivity (Wildman–Crippen MR) is 87.8 cm³/mol. The second kappa shape index (κ2) is 6.74. The van der Waals surface area contributed by atoms with Gasteiger partial charge in [0.05, 0.1) is 11.3 Å². The van der Waals surface area contributed by atoms with Gasteiger partial charge < -0.3 is 9.88 Å². The minimum Gasteiger partial charge on any atom is -0.348 e. The molecule has 120 valence electrons. The number of hydrogen-bond acceptors (Lipinski definition) is 4. The SMILES string of the molecule is O=C(NCc1ccc(-n2ccnc2)cc1)c1ccc([N+](=O)[O-])cc1. The van der Waals surface area contributed by atoms with Crippen molar-refractivity contribution in [2.45, 2.75) is 6.54 Å². The average Bonchev–Trinajstić information content (AvgIpc) is 3.15. The van der Waals surface area contributed by atoms with Crippen molar-refractivity contribution in [1.29, 1.82) is 0 Å². The number of benzene rings is 2. The summed E-state index contributed by atoms with van der Waals surface area (Å²) in [6, 6.07) is 13.2. The van der Waals surface area contributed by atoms with Crippen molar-refractivity contribution in [3.63, 3.8) is 0 Å². The average molecular weight is 322 g/mol. The Hall–Kier alpha value is -3.48. The van der Waals surface area contributed by atoms with Gasteiger partial charge in [0.25, 0.3) is 11.6 Å². The summed E-state index contributed by atoms with van der Waals surface area (Å²) < 4.78 is 1.89. The third-order valence-electron chi connectivity index (χ3n) is 3.53. The van der Waals surface area contributed by atoms with E-state index >= 15 is 0 Å². The number of hydrogen-bond donors (Lipinski definition) is 1. The maximum atomic E-state index is 12.1. The van der Waals surface area contributed by atoms with Crippen LogP contribution in [0.2, 0.25) is 0 Å². The first-order valence-electron chi connectivity index (χ1n) is 7.23. The van der Waals surface area contributed by atoms with E-state index in [9.17, 15) is 14.9 Å². The largest absolute Gasteiger partial charge is 0.348 e. The molecule has 0 aliphatic heterocycles. The number of nitro groups is 1. The van der Waals surface area contributed by atoms with E-state index in [-0.39, 0.29) is 11.6 Å². The molecule has 0 aliphatic carbocycles. The summed E-state index contributed by atoms with van der Waals surface area (Å²) in [4.78, 5) is 26.2. The van der Waals surface area contributed by atoms with Crippen LogP contribution in [-0.2, 0) is 6.54 Å². The zero-order valence-electron chi connectivity index (χ0n) is 12.6. The Balaban J connectivity index is 1.60. The lowest BCUT2D eigenvalue weighted by molar-refractivity contribution is -0.384. The smallest absolute Gasteiger partial charge is 0.269 e. The van der Waals surface area contributed by atoms with Crippen molar-refractivity contribution >= 4 is 11.6 Å². The molecule has 0 fully saturated rings. The van der Waals surface area contributed by atoms with Gasteiger partial charge in [0.2, 0.25) is 0 Å². The fourth-order valence-electron chi connectivity index (χ4n) is 2.22. The second-order valence-corrected chi connectivity index (χ2v) is 5.12. The van der Waals surface area contributed by atoms with Gasteiger partial charge in [-0.25, -0.2) is 4.98 Å². The molecule has 24 heavy (non-hydrogen) atoms. The lowest BCUT2D eigenvalue weighted by Crippen LogP contribution is -2.22. The summed E-state index contributed by atoms with van der Waals surface area (Å²) in [5.74, 6) is -0.274. The Kier molecular flexibility index (Phi) is 4.33. The molecule has 2 aromatic carbocycles. The lowest BCUT2D eigenvalue weighted by Gasteiger charge is -2.07. The van der Waals surface area contributed by atoms with Crippen molar-refractivity contribution in [3.05, 3.63) is 88.5 Å². The van der Waals surface area contributed by atoms with Crippen LogP contribution in [0, 0.1) is 10.1 Å². The maximum Gasteiger partial charge on any atom is 0.269 e. The van der Waals surface area contributed by atoms with E-state index in [1.165, 1.54) is 24.3 Å². The van der Waals surface area contributed by atoms with Crippen molar-refractivity contribution < 1.29 is 9.72 Å². The summed E-state index contributed by atoms with van der Waals surface area (Å²) in [5, 5.41) is 13.4. The molecule has 7 heteroatoms. The first-order chi connectivity index (χ1) is 11.6. The van der Waals surface area contributed by atoms with Gasteiger partial charge in [-0.2, -0.15) is 0 Å². The van der Waals surface area contributed by atoms with Gasteiger partial charge in [-0.05, 0) is 29.8 Å². The normalized spacial score (nSPS) is 10.3. The Morgan fingerprint density at radius 3 is 2.42 bits per heavy atom. The molecule has 0 radical (unpaired) electrons. The van der Waals surface area contributed by atoms with Gasteiger partial charge >= 0.3 is 0 Å². The number of imidazole rings is 1. The number of nitro benzene ring substituents is 1. The minimum atomic E-state index is -0.497. The fourth-order valence-corrected chi connectivity index (χ4v) is 2.22. The Morgan fingerprint density at radius 2 is 1.83 bits per heavy atom. The van der Waals surface area contributed by atoms with Crippen molar-refractivity contribution in [1.82, 2.24) is 14.9 Å². The number of nitrogens with one attached hydrogen (secondary N) is 1. The van der Waals surface area contributed by atoms with Crippen LogP contribution in [0.5, 0.6) is 0 Å². The number of aromatic nitrogens is 2. The highest BCUT2D eigenvalue weighted by Crippen LogP contribution is 2.12. The van der Waals surface area contributed by atoms with Crippen LogP contribution in [0.15, 0.2) is 67.3 Å². The Morgan fingerprint density at radius 1 is 1.12 bits per heavy atom. The highest BCUT2D eigenvalue weighted by atomic mass is 16.6. The molecule has 1 heterocycles. The van der Waals surface area contributed by atoms with Gasteiger partial charge in [0.1, 0.15) is 0 Å². The first-order valence-corrected chi connectivity index (χ1v) is 7.23. The third-order valence-corrected chi connectivity index (χ3v) is 3.53. The van der Waals surface area contributed by atoms with Crippen LogP contribution in [-0.4, -0.2) is 20.4 Å². The third kappa shape index (κ3) is 3.46. The molecule has 3 rings (SSSR count). The van der Waals surface area contributed by atoms with Crippen LogP contribution < -0.4 is 5.32 Å². The summed E-state index contributed by atoms with van der Waals surface area (Å²) in [7, 11) is 0. The van der Waals surface area contributed by atoms with Crippen molar-refractivity contribution in [3.8, 4) is 5.69 Å². The van der Waals surface area contributed by atoms with Crippen LogP contribution in [0.4, 0.5) is 5.69 Å². The molecule has 1 amide bonds. The molecule has 7 nitrogen and oxygen atoms in total. The van der Waals surface area contributed by atoms with E-state index < -0.39 is 4.92 Å². The maximum absolute atomic E-state index is 12.1. The minimum absolute atomic E-state index is 0.0401. The number of non-ortho nitro benzene ring substituents is 1. The topological polar surface area (TPSA) is 90.1 Å². The van der Waals surface area contributed by atoms with Crippen LogP contribution in [0.25, 0.3) is 5.69 Å². The lowest BCUT2D eigenvalue weighted by atomic mass is 10.1. The quantitative estimate of drug-likeness (QED) is 0.577. The van der Waals surface area contributed by atoms with E-state index in [0.29, 0.717) is 12.1 Å². The Bertz CT molecular complexity index is 841. The highest BCUT2D eigenvalue weighted by Gasteiger charge is 2.09. The van der Waals surface area contributed by atoms with E-state index in [2.05, 4.69) is 10.3 Å². The molecule has 0 spiro atoms. The predicted octanol–water partition coefficient (Wildman–Crippen LogP) is 2.71. The fraction of sp³-hybridized carbons (Fsp3) is 0.0588. The summed E-state index contributed by atoms with van der Waals surface area (Å²) >= 11 is 0. The molecule has 0 unspecified atom stereocenters. The van der Waals surface area contributed by atoms with Gasteiger partial charge in [-0.15, -0.1) is 0 Å². The molecule has 0 bridgehead atoms. The van der Waals surface area contributed by atoms with Gasteiger partial charge in [-0.1, -0.05) is 12.1 Å². The van der Waals surface area contributed by atoms with Crippen molar-refractivity contribution in [2.75, 3.05) is 0 Å². The zero-order valence-corrected chi connectivity index (χ0v) is 12.6. The summed E-state index contributed by atoms with van der Waals surface area (Å²) in [6.07, 6.45) is 5.27. The van der Waals surface area contributed by atoms with E-state index in [4.69, 9.17) is 0 Å². The van der Waals surface area contributed by atoms with Crippen LogP contribution >= 0.6 is 0 Å². The van der Waals surface area contributed by atoms with Crippen LogP contribution in [0.1, 0.15) is 15.9 Å². The number of carbonyl (C=O) groups is 1. The highest BCUT2D eigenvalue weighted by molar-refractivity contribution is 5.94. The first kappa shape index (κ1) is 15.4. The van der Waals surface area contributed by atoms with Crippen molar-refractivity contribution in [2.24, 2.45) is 0 Å². The molecule has 0 aliphatic rings. The summed E-state index contributed by atoms with van der Waals surface area (Å²) in [5.41, 5.74) is 2.28. The molecule has 0 saturated heterocycles. The zero-order chi connectivity index (χ0) is 16.9. The molecule has 3 aromatic rings. The van der Waals surface area contributed by atoms with Crippen LogP contribution in [0.3, 0.4) is 0 Å². The standard InChI is InChI=1S/C17H14N4O3/c22-17(14-3-7-16(8-4-14)21(23)24)19-11-13-1-5-15(6-2-13)20-10-9-18-12-20/h1-10,12H,11H2,(H,19,22). The van der Waals surface area contributed by atoms with Gasteiger partial charge in [0, 0.05) is 42.3 Å². The molecule has 0 saturated carbocycles. The monoisotopic (exact) mass is 322 g/mol. The Labute approximate surface area is 137 Å². The molecular formula is C17H14N4O3. The number of nitrogens with zero attached hydrogens (tertiary/aromatic N) is 3. The number of carbonyl (C=O) groups excluding carboxylic acids is 1. The molecular weight excluding hydrogens is 308 g/mol. The summed E-state index contributed by atoms with van der Waals surface area (Å²) in [6.45, 7) is 0.375. The molecule has 1 N–H and O–H groups in total. The van der Waals surface area contributed by atoms with Gasteiger partial charge in [0.15, 0.2) is 0 Å². The van der Waals surface area contributed by atoms with E-state index in [0.717, 1.165) is 11.3 Å². The van der Waals surface area contributed by atoms with E-state index in [1.54, 1.807) is 12.5 Å². The second-order valence-electron chi connectivity index (χ2n) is 5.12. The molecule has 0 atom stereocenters. The molecule has 1 aromatic heterocycles. The van der Waals surface area contributed by atoms with Gasteiger partial charge in [-0.3, -0.25) is 14.9 Å². The number of rotatable bonds is 5. The number of amides is 1.